The number of aliphatic imine (C=N–C) groups is 1. The second-order valence-corrected chi connectivity index (χ2v) is 8.27. The minimum absolute atomic E-state index is 0.0151. The van der Waals surface area contributed by atoms with Crippen molar-refractivity contribution in [3.05, 3.63) is 29.8 Å². The first-order valence-corrected chi connectivity index (χ1v) is 10.7. The molecule has 0 radical (unpaired) electrons. The van der Waals surface area contributed by atoms with E-state index in [9.17, 15) is 22.3 Å². The Labute approximate surface area is 163 Å². The van der Waals surface area contributed by atoms with Crippen LogP contribution in [-0.2, 0) is 10.0 Å². The molecule has 1 aromatic rings. The van der Waals surface area contributed by atoms with Gasteiger partial charge in [0.15, 0.2) is 5.96 Å². The van der Waals surface area contributed by atoms with Crippen LogP contribution in [-0.4, -0.2) is 68.9 Å². The second-order valence-electron chi connectivity index (χ2n) is 6.18. The van der Waals surface area contributed by atoms with Gasteiger partial charge in [0.2, 0.25) is 10.0 Å². The summed E-state index contributed by atoms with van der Waals surface area (Å²) < 4.78 is 53.6. The molecule has 158 valence electrons. The number of guanidine groups is 1. The van der Waals surface area contributed by atoms with Gasteiger partial charge in [0.1, 0.15) is 5.75 Å². The number of halogens is 2. The SMILES string of the molecule is CCNC(=NCC(O)c1ccc(OC(F)F)cc1)NCCN1CCCS1(=O)=O. The van der Waals surface area contributed by atoms with E-state index >= 15 is 0 Å². The molecule has 1 aliphatic heterocycles. The first kappa shape index (κ1) is 22.3. The van der Waals surface area contributed by atoms with E-state index in [1.165, 1.54) is 28.6 Å². The molecule has 2 rings (SSSR count). The van der Waals surface area contributed by atoms with Gasteiger partial charge in [-0.15, -0.1) is 0 Å². The molecule has 1 aliphatic rings. The number of aliphatic hydroxyl groups excluding tert-OH is 1. The Morgan fingerprint density at radius 3 is 2.61 bits per heavy atom. The molecule has 11 heteroatoms. The van der Waals surface area contributed by atoms with Crippen LogP contribution in [0.2, 0.25) is 0 Å². The van der Waals surface area contributed by atoms with E-state index in [0.29, 0.717) is 44.1 Å². The van der Waals surface area contributed by atoms with Crippen LogP contribution in [0.4, 0.5) is 8.78 Å². The maximum atomic E-state index is 12.2. The number of hydrogen-bond donors (Lipinski definition) is 3. The van der Waals surface area contributed by atoms with Crippen LogP contribution in [0.15, 0.2) is 29.3 Å². The first-order valence-electron chi connectivity index (χ1n) is 9.04. The van der Waals surface area contributed by atoms with Gasteiger partial charge in [-0.25, -0.2) is 12.7 Å². The van der Waals surface area contributed by atoms with E-state index in [1.54, 1.807) is 0 Å². The number of sulfonamides is 1. The van der Waals surface area contributed by atoms with Crippen LogP contribution in [0.1, 0.15) is 25.0 Å². The Morgan fingerprint density at radius 1 is 1.32 bits per heavy atom. The number of nitrogens with zero attached hydrogens (tertiary/aromatic N) is 2. The zero-order chi connectivity index (χ0) is 20.6. The van der Waals surface area contributed by atoms with Crippen molar-refractivity contribution in [2.75, 3.05) is 38.5 Å². The zero-order valence-electron chi connectivity index (χ0n) is 15.6. The van der Waals surface area contributed by atoms with E-state index in [4.69, 9.17) is 0 Å². The van der Waals surface area contributed by atoms with Crippen LogP contribution in [0.3, 0.4) is 0 Å². The number of ether oxygens (including phenoxy) is 1. The lowest BCUT2D eigenvalue weighted by Gasteiger charge is -2.17. The lowest BCUT2D eigenvalue weighted by atomic mass is 10.1. The van der Waals surface area contributed by atoms with Gasteiger partial charge in [0.25, 0.3) is 0 Å². The monoisotopic (exact) mass is 420 g/mol. The molecule has 1 atom stereocenters. The molecule has 1 unspecified atom stereocenters. The van der Waals surface area contributed by atoms with Gasteiger partial charge in [-0.1, -0.05) is 12.1 Å². The Balaban J connectivity index is 1.86. The second kappa shape index (κ2) is 10.5. The number of alkyl halides is 2. The molecule has 0 spiro atoms. The van der Waals surface area contributed by atoms with Crippen LogP contribution in [0.5, 0.6) is 5.75 Å². The lowest BCUT2D eigenvalue weighted by Crippen LogP contribution is -2.42. The quantitative estimate of drug-likeness (QED) is 0.405. The third-order valence-corrected chi connectivity index (χ3v) is 6.07. The summed E-state index contributed by atoms with van der Waals surface area (Å²) in [5.74, 6) is 0.659. The topological polar surface area (TPSA) is 103 Å². The van der Waals surface area contributed by atoms with Crippen molar-refractivity contribution in [2.24, 2.45) is 4.99 Å². The van der Waals surface area contributed by atoms with Crippen LogP contribution >= 0.6 is 0 Å². The van der Waals surface area contributed by atoms with Gasteiger partial charge >= 0.3 is 6.61 Å². The molecule has 0 aromatic heterocycles. The Morgan fingerprint density at radius 2 is 2.04 bits per heavy atom. The summed E-state index contributed by atoms with van der Waals surface area (Å²) in [4.78, 5) is 4.29. The highest BCUT2D eigenvalue weighted by Crippen LogP contribution is 2.19. The minimum Gasteiger partial charge on any atom is -0.435 e. The number of aliphatic hydroxyl groups is 1. The molecule has 1 aromatic carbocycles. The fourth-order valence-electron chi connectivity index (χ4n) is 2.74. The third kappa shape index (κ3) is 6.88. The number of rotatable bonds is 9. The van der Waals surface area contributed by atoms with Gasteiger partial charge in [-0.3, -0.25) is 4.99 Å². The van der Waals surface area contributed by atoms with Crippen molar-refractivity contribution < 1.29 is 27.0 Å². The number of hydrogen-bond acceptors (Lipinski definition) is 5. The maximum Gasteiger partial charge on any atom is 0.387 e. The van der Waals surface area contributed by atoms with Crippen molar-refractivity contribution in [1.82, 2.24) is 14.9 Å². The highest BCUT2D eigenvalue weighted by atomic mass is 32.2. The standard InChI is InChI=1S/C17H26F2N4O4S/c1-2-20-17(21-8-10-23-9-3-11-28(23,25)26)22-12-15(24)13-4-6-14(7-5-13)27-16(18)19/h4-7,15-16,24H,2-3,8-12H2,1H3,(H2,20,21,22). The summed E-state index contributed by atoms with van der Waals surface area (Å²) in [6.45, 7) is 0.907. The highest BCUT2D eigenvalue weighted by Gasteiger charge is 2.27. The van der Waals surface area contributed by atoms with E-state index < -0.39 is 22.7 Å². The van der Waals surface area contributed by atoms with Gasteiger partial charge in [-0.2, -0.15) is 8.78 Å². The van der Waals surface area contributed by atoms with E-state index in [2.05, 4.69) is 20.4 Å². The third-order valence-electron chi connectivity index (χ3n) is 4.11. The maximum absolute atomic E-state index is 12.2. The average molecular weight is 420 g/mol. The normalized spacial score (nSPS) is 18.2. The molecular formula is C17H26F2N4O4S. The average Bonchev–Trinajstić information content (AvgIpc) is 2.98. The molecular weight excluding hydrogens is 394 g/mol. The Bertz CT molecular complexity index is 744. The molecule has 0 aliphatic carbocycles. The van der Waals surface area contributed by atoms with Crippen LogP contribution < -0.4 is 15.4 Å². The zero-order valence-corrected chi connectivity index (χ0v) is 16.5. The molecule has 1 saturated heterocycles. The van der Waals surface area contributed by atoms with Crippen LogP contribution in [0, 0.1) is 0 Å². The van der Waals surface area contributed by atoms with Gasteiger partial charge in [0, 0.05) is 26.2 Å². The number of benzene rings is 1. The predicted octanol–water partition coefficient (Wildman–Crippen LogP) is 0.912. The first-order chi connectivity index (χ1) is 13.3. The van der Waals surface area contributed by atoms with E-state index in [0.717, 1.165) is 0 Å². The lowest BCUT2D eigenvalue weighted by molar-refractivity contribution is -0.0498. The fraction of sp³-hybridized carbons (Fsp3) is 0.588. The van der Waals surface area contributed by atoms with Crippen molar-refractivity contribution in [1.29, 1.82) is 0 Å². The predicted molar refractivity (Wildman–Crippen MR) is 102 cm³/mol. The van der Waals surface area contributed by atoms with Crippen molar-refractivity contribution >= 4 is 16.0 Å². The summed E-state index contributed by atoms with van der Waals surface area (Å²) in [6, 6.07) is 5.70. The molecule has 0 saturated carbocycles. The van der Waals surface area contributed by atoms with Crippen molar-refractivity contribution in [2.45, 2.75) is 26.1 Å². The smallest absolute Gasteiger partial charge is 0.387 e. The molecule has 8 nitrogen and oxygen atoms in total. The largest absolute Gasteiger partial charge is 0.435 e. The summed E-state index contributed by atoms with van der Waals surface area (Å²) in [5, 5.41) is 16.3. The van der Waals surface area contributed by atoms with Gasteiger partial charge < -0.3 is 20.5 Å². The van der Waals surface area contributed by atoms with Crippen molar-refractivity contribution in [3.63, 3.8) is 0 Å². The van der Waals surface area contributed by atoms with Crippen LogP contribution in [0.25, 0.3) is 0 Å². The highest BCUT2D eigenvalue weighted by molar-refractivity contribution is 7.89. The number of nitrogens with one attached hydrogen (secondary N) is 2. The molecule has 0 amide bonds. The minimum atomic E-state index is -3.13. The van der Waals surface area contributed by atoms with E-state index in [-0.39, 0.29) is 18.0 Å². The fourth-order valence-corrected chi connectivity index (χ4v) is 4.27. The molecule has 1 heterocycles. The summed E-state index contributed by atoms with van der Waals surface area (Å²) >= 11 is 0. The van der Waals surface area contributed by atoms with Gasteiger partial charge in [-0.05, 0) is 31.0 Å². The molecule has 1 fully saturated rings. The van der Waals surface area contributed by atoms with E-state index in [1.807, 2.05) is 6.92 Å². The van der Waals surface area contributed by atoms with Gasteiger partial charge in [0.05, 0.1) is 18.4 Å². The summed E-state index contributed by atoms with van der Waals surface area (Å²) in [5.41, 5.74) is 0.518. The summed E-state index contributed by atoms with van der Waals surface area (Å²) in [7, 11) is -3.13. The molecule has 3 N–H and O–H groups in total. The Kier molecular flexibility index (Phi) is 8.39. The summed E-state index contributed by atoms with van der Waals surface area (Å²) in [6.07, 6.45) is -0.279. The Hall–Kier alpha value is -1.98. The molecule has 0 bridgehead atoms. The molecule has 28 heavy (non-hydrogen) atoms. The van der Waals surface area contributed by atoms with Crippen molar-refractivity contribution in [3.8, 4) is 5.75 Å².